The Bertz CT molecular complexity index is 443. The van der Waals surface area contributed by atoms with Crippen molar-refractivity contribution in [2.24, 2.45) is 0 Å². The van der Waals surface area contributed by atoms with Crippen LogP contribution in [0.4, 0.5) is 0 Å². The summed E-state index contributed by atoms with van der Waals surface area (Å²) < 4.78 is 28.5. The van der Waals surface area contributed by atoms with E-state index in [9.17, 15) is 9.00 Å². The molecule has 1 aromatic rings. The maximum atomic E-state index is 11.4. The minimum Gasteiger partial charge on any atom is -0.465 e. The van der Waals surface area contributed by atoms with E-state index in [0.29, 0.717) is 5.56 Å². The topological polar surface area (TPSA) is 72.8 Å². The highest BCUT2D eigenvalue weighted by Gasteiger charge is 2.13. The van der Waals surface area contributed by atoms with Gasteiger partial charge in [0.05, 0.1) is 18.8 Å². The number of methoxy groups -OCH3 is 1. The third-order valence-electron chi connectivity index (χ3n) is 2.35. The second-order valence-electron chi connectivity index (χ2n) is 3.52. The van der Waals surface area contributed by atoms with Gasteiger partial charge in [-0.1, -0.05) is 12.1 Å². The monoisotopic (exact) mass is 258 g/mol. The number of carbonyl (C=O) groups excluding carboxylic acids is 1. The molecule has 0 heterocycles. The predicted octanol–water partition coefficient (Wildman–Crippen LogP) is 2.00. The number of benzene rings is 1. The predicted molar refractivity (Wildman–Crippen MR) is 62.8 cm³/mol. The number of rotatable bonds is 4. The second-order valence-corrected chi connectivity index (χ2v) is 4.15. The molecule has 0 radical (unpaired) electrons. The van der Waals surface area contributed by atoms with Crippen molar-refractivity contribution in [3.05, 3.63) is 34.9 Å². The van der Waals surface area contributed by atoms with Gasteiger partial charge < -0.3 is 4.74 Å². The van der Waals surface area contributed by atoms with E-state index in [1.807, 2.05) is 0 Å². The number of esters is 1. The lowest BCUT2D eigenvalue weighted by atomic mass is 10.0. The molecule has 0 aromatic heterocycles. The lowest BCUT2D eigenvalue weighted by Gasteiger charge is -2.12. The number of aryl methyl sites for hydroxylation is 1. The molecule has 2 unspecified atom stereocenters. The standard InChI is InChI=1S/C11H14O5S/c1-7-6-9(8(2)16-17(13)14)4-5-10(7)11(12)15-3/h4-6,8H,1-3H3,(H,13,14). The van der Waals surface area contributed by atoms with Gasteiger partial charge in [-0.25, -0.2) is 4.79 Å². The van der Waals surface area contributed by atoms with Crippen LogP contribution >= 0.6 is 0 Å². The van der Waals surface area contributed by atoms with Crippen molar-refractivity contribution in [2.75, 3.05) is 7.11 Å². The fourth-order valence-corrected chi connectivity index (χ4v) is 1.82. The van der Waals surface area contributed by atoms with Crippen LogP contribution in [0.15, 0.2) is 18.2 Å². The number of ether oxygens (including phenoxy) is 1. The number of hydrogen-bond acceptors (Lipinski definition) is 4. The van der Waals surface area contributed by atoms with Crippen LogP contribution < -0.4 is 0 Å². The highest BCUT2D eigenvalue weighted by molar-refractivity contribution is 7.74. The van der Waals surface area contributed by atoms with Crippen LogP contribution in [-0.4, -0.2) is 21.8 Å². The van der Waals surface area contributed by atoms with Crippen molar-refractivity contribution in [3.8, 4) is 0 Å². The number of hydrogen-bond donors (Lipinski definition) is 1. The summed E-state index contributed by atoms with van der Waals surface area (Å²) in [4.78, 5) is 11.4. The molecule has 0 bridgehead atoms. The summed E-state index contributed by atoms with van der Waals surface area (Å²) in [5.74, 6) is -0.409. The molecule has 5 nitrogen and oxygen atoms in total. The third kappa shape index (κ3) is 3.62. The fourth-order valence-electron chi connectivity index (χ4n) is 1.46. The van der Waals surface area contributed by atoms with Crippen molar-refractivity contribution in [2.45, 2.75) is 20.0 Å². The van der Waals surface area contributed by atoms with Gasteiger partial charge in [0, 0.05) is 0 Å². The van der Waals surface area contributed by atoms with Crippen LogP contribution in [0.25, 0.3) is 0 Å². The summed E-state index contributed by atoms with van der Waals surface area (Å²) in [7, 11) is 1.32. The molecule has 0 fully saturated rings. The quantitative estimate of drug-likeness (QED) is 0.660. The molecular weight excluding hydrogens is 244 g/mol. The smallest absolute Gasteiger partial charge is 0.338 e. The molecule has 94 valence electrons. The van der Waals surface area contributed by atoms with Gasteiger partial charge in [-0.3, -0.25) is 8.74 Å². The molecule has 0 aliphatic carbocycles. The number of carbonyl (C=O) groups is 1. The van der Waals surface area contributed by atoms with Crippen LogP contribution in [-0.2, 0) is 20.3 Å². The normalized spacial score (nSPS) is 14.1. The molecule has 0 amide bonds. The average Bonchev–Trinajstić information content (AvgIpc) is 2.27. The first-order valence-corrected chi connectivity index (χ1v) is 5.95. The van der Waals surface area contributed by atoms with E-state index in [0.717, 1.165) is 11.1 Å². The molecule has 0 aliphatic heterocycles. The maximum Gasteiger partial charge on any atom is 0.338 e. The van der Waals surface area contributed by atoms with Gasteiger partial charge in [-0.05, 0) is 31.0 Å². The van der Waals surface area contributed by atoms with Gasteiger partial charge in [-0.15, -0.1) is 0 Å². The molecule has 17 heavy (non-hydrogen) atoms. The van der Waals surface area contributed by atoms with Crippen molar-refractivity contribution >= 4 is 17.3 Å². The molecule has 6 heteroatoms. The molecule has 1 aromatic carbocycles. The van der Waals surface area contributed by atoms with E-state index < -0.39 is 23.4 Å². The van der Waals surface area contributed by atoms with Gasteiger partial charge in [0.25, 0.3) is 0 Å². The molecule has 1 rings (SSSR count). The first-order chi connectivity index (χ1) is 7.95. The van der Waals surface area contributed by atoms with Crippen LogP contribution in [0, 0.1) is 6.92 Å². The van der Waals surface area contributed by atoms with E-state index in [2.05, 4.69) is 4.74 Å². The Morgan fingerprint density at radius 3 is 2.59 bits per heavy atom. The summed E-state index contributed by atoms with van der Waals surface area (Å²) in [6, 6.07) is 5.00. The third-order valence-corrected chi connectivity index (χ3v) is 2.81. The molecule has 1 N–H and O–H groups in total. The van der Waals surface area contributed by atoms with Crippen molar-refractivity contribution in [3.63, 3.8) is 0 Å². The van der Waals surface area contributed by atoms with Gasteiger partial charge in [0.1, 0.15) is 0 Å². The summed E-state index contributed by atoms with van der Waals surface area (Å²) >= 11 is -2.31. The van der Waals surface area contributed by atoms with Crippen LogP contribution in [0.1, 0.15) is 34.5 Å². The van der Waals surface area contributed by atoms with Crippen molar-refractivity contribution < 1.29 is 22.5 Å². The van der Waals surface area contributed by atoms with E-state index in [1.165, 1.54) is 7.11 Å². The Labute approximate surface area is 102 Å². The lowest BCUT2D eigenvalue weighted by Crippen LogP contribution is -2.06. The SMILES string of the molecule is COC(=O)c1ccc(C(C)OS(=O)O)cc1C. The van der Waals surface area contributed by atoms with Gasteiger partial charge >= 0.3 is 17.3 Å². The average molecular weight is 258 g/mol. The Balaban J connectivity index is 2.96. The molecule has 2 atom stereocenters. The highest BCUT2D eigenvalue weighted by atomic mass is 32.2. The van der Waals surface area contributed by atoms with Gasteiger partial charge in [0.15, 0.2) is 0 Å². The van der Waals surface area contributed by atoms with Crippen molar-refractivity contribution in [1.29, 1.82) is 0 Å². The molecule has 0 aliphatic rings. The molecule has 0 saturated carbocycles. The highest BCUT2D eigenvalue weighted by Crippen LogP contribution is 2.21. The molecular formula is C11H14O5S. The first-order valence-electron chi connectivity index (χ1n) is 4.92. The summed E-state index contributed by atoms with van der Waals surface area (Å²) in [6.07, 6.45) is -0.522. The van der Waals surface area contributed by atoms with Crippen LogP contribution in [0.3, 0.4) is 0 Å². The first kappa shape index (κ1) is 13.8. The molecule has 0 spiro atoms. The van der Waals surface area contributed by atoms with Crippen LogP contribution in [0.2, 0.25) is 0 Å². The fraction of sp³-hybridized carbons (Fsp3) is 0.364. The second kappa shape index (κ2) is 5.90. The lowest BCUT2D eigenvalue weighted by molar-refractivity contribution is 0.0599. The zero-order chi connectivity index (χ0) is 13.0. The zero-order valence-corrected chi connectivity index (χ0v) is 10.6. The maximum absolute atomic E-state index is 11.4. The Hall–Kier alpha value is -1.24. The summed E-state index contributed by atoms with van der Waals surface area (Å²) in [5.41, 5.74) is 1.92. The Morgan fingerprint density at radius 1 is 1.47 bits per heavy atom. The van der Waals surface area contributed by atoms with E-state index in [1.54, 1.807) is 32.0 Å². The Kier molecular flexibility index (Phi) is 4.80. The minimum absolute atomic E-state index is 0.409. The van der Waals surface area contributed by atoms with E-state index in [-0.39, 0.29) is 0 Å². The van der Waals surface area contributed by atoms with E-state index >= 15 is 0 Å². The summed E-state index contributed by atoms with van der Waals surface area (Å²) in [5, 5.41) is 0. The zero-order valence-electron chi connectivity index (χ0n) is 9.80. The minimum atomic E-state index is -2.31. The molecule has 0 saturated heterocycles. The van der Waals surface area contributed by atoms with Crippen molar-refractivity contribution in [1.82, 2.24) is 0 Å². The largest absolute Gasteiger partial charge is 0.465 e. The van der Waals surface area contributed by atoms with E-state index in [4.69, 9.17) is 8.74 Å². The summed E-state index contributed by atoms with van der Waals surface area (Å²) in [6.45, 7) is 3.42. The van der Waals surface area contributed by atoms with Gasteiger partial charge in [0.2, 0.25) is 0 Å². The Morgan fingerprint density at radius 2 is 2.12 bits per heavy atom. The van der Waals surface area contributed by atoms with Crippen LogP contribution in [0.5, 0.6) is 0 Å². The van der Waals surface area contributed by atoms with Gasteiger partial charge in [-0.2, -0.15) is 4.21 Å².